The Balaban J connectivity index is 2.35. The van der Waals surface area contributed by atoms with Crippen molar-refractivity contribution in [3.05, 3.63) is 54.4 Å². The molecule has 0 saturated carbocycles. The zero-order valence-electron chi connectivity index (χ0n) is 14.0. The lowest BCUT2D eigenvalue weighted by Gasteiger charge is -2.10. The summed E-state index contributed by atoms with van der Waals surface area (Å²) < 4.78 is 0. The van der Waals surface area contributed by atoms with E-state index in [0.717, 1.165) is 24.2 Å². The van der Waals surface area contributed by atoms with Gasteiger partial charge >= 0.3 is 0 Å². The Morgan fingerprint density at radius 2 is 1.92 bits per heavy atom. The van der Waals surface area contributed by atoms with Crippen molar-refractivity contribution in [2.45, 2.75) is 20.3 Å². The molecule has 0 unspecified atom stereocenters. The van der Waals surface area contributed by atoms with Gasteiger partial charge < -0.3 is 10.6 Å². The van der Waals surface area contributed by atoms with Gasteiger partial charge in [-0.25, -0.2) is 0 Å². The van der Waals surface area contributed by atoms with Crippen LogP contribution < -0.4 is 10.6 Å². The highest BCUT2D eigenvalue weighted by molar-refractivity contribution is 5.58. The molecule has 1 heterocycles. The van der Waals surface area contributed by atoms with Crippen LogP contribution in [-0.4, -0.2) is 28.2 Å². The summed E-state index contributed by atoms with van der Waals surface area (Å²) in [6.45, 7) is 8.25. The van der Waals surface area contributed by atoms with Gasteiger partial charge in [0.25, 0.3) is 0 Å². The average molecular weight is 322 g/mol. The highest BCUT2D eigenvalue weighted by Crippen LogP contribution is 2.18. The van der Waals surface area contributed by atoms with Crippen LogP contribution in [0.1, 0.15) is 20.3 Å². The zero-order chi connectivity index (χ0) is 17.2. The normalized spacial score (nSPS) is 11.5. The maximum atomic E-state index is 4.51. The van der Waals surface area contributed by atoms with E-state index >= 15 is 0 Å². The van der Waals surface area contributed by atoms with Crippen molar-refractivity contribution in [1.82, 2.24) is 15.0 Å². The third kappa shape index (κ3) is 5.01. The Bertz CT molecular complexity index is 722. The third-order valence-corrected chi connectivity index (χ3v) is 3.13. The quantitative estimate of drug-likeness (QED) is 0.569. The number of nitrogens with one attached hydrogen (secondary N) is 2. The van der Waals surface area contributed by atoms with Crippen LogP contribution in [0.4, 0.5) is 11.9 Å². The van der Waals surface area contributed by atoms with Gasteiger partial charge in [-0.05, 0) is 26.1 Å². The van der Waals surface area contributed by atoms with Crippen molar-refractivity contribution >= 4 is 18.6 Å². The molecule has 2 N–H and O–H groups in total. The first-order chi connectivity index (χ1) is 11.8. The summed E-state index contributed by atoms with van der Waals surface area (Å²) in [7, 11) is 0. The monoisotopic (exact) mass is 322 g/mol. The molecule has 0 aliphatic carbocycles. The summed E-state index contributed by atoms with van der Waals surface area (Å²) in [4.78, 5) is 17.1. The lowest BCUT2D eigenvalue weighted by Crippen LogP contribution is -2.10. The van der Waals surface area contributed by atoms with Gasteiger partial charge in [0.05, 0.1) is 0 Å². The van der Waals surface area contributed by atoms with E-state index in [4.69, 9.17) is 0 Å². The van der Waals surface area contributed by atoms with Gasteiger partial charge in [0.1, 0.15) is 0 Å². The van der Waals surface area contributed by atoms with E-state index in [1.54, 1.807) is 12.3 Å². The summed E-state index contributed by atoms with van der Waals surface area (Å²) in [5.41, 5.74) is 1.77. The molecule has 2 aromatic rings. The maximum Gasteiger partial charge on any atom is 0.232 e. The van der Waals surface area contributed by atoms with Crippen molar-refractivity contribution < 1.29 is 0 Å². The molecule has 0 bridgehead atoms. The number of aromatic nitrogens is 3. The molecule has 6 heteroatoms. The molecular weight excluding hydrogens is 300 g/mol. The lowest BCUT2D eigenvalue weighted by atomic mass is 10.2. The molecule has 0 saturated heterocycles. The van der Waals surface area contributed by atoms with Gasteiger partial charge in [-0.3, -0.25) is 4.99 Å². The van der Waals surface area contributed by atoms with Crippen LogP contribution in [-0.2, 0) is 0 Å². The first kappa shape index (κ1) is 17.3. The predicted molar refractivity (Wildman–Crippen MR) is 100 cm³/mol. The average Bonchev–Trinajstić information content (AvgIpc) is 2.64. The molecule has 0 aliphatic rings. The Kier molecular flexibility index (Phi) is 6.64. The van der Waals surface area contributed by atoms with E-state index in [1.807, 2.05) is 43.3 Å². The van der Waals surface area contributed by atoms with Crippen LogP contribution in [0.5, 0.6) is 0 Å². The van der Waals surface area contributed by atoms with Crippen molar-refractivity contribution in [3.63, 3.8) is 0 Å². The fourth-order valence-electron chi connectivity index (χ4n) is 1.94. The number of nitrogens with zero attached hydrogens (tertiary/aromatic N) is 4. The number of anilines is 2. The summed E-state index contributed by atoms with van der Waals surface area (Å²) in [5.74, 6) is 1.65. The second kappa shape index (κ2) is 9.19. The minimum Gasteiger partial charge on any atom is -0.354 e. The van der Waals surface area contributed by atoms with Crippen LogP contribution in [0.25, 0.3) is 11.4 Å². The molecule has 0 atom stereocenters. The van der Waals surface area contributed by atoms with E-state index < -0.39 is 0 Å². The molecule has 2 rings (SSSR count). The van der Waals surface area contributed by atoms with E-state index in [2.05, 4.69) is 44.2 Å². The van der Waals surface area contributed by atoms with Gasteiger partial charge in [0.15, 0.2) is 5.82 Å². The molecule has 0 aliphatic heterocycles. The van der Waals surface area contributed by atoms with Crippen molar-refractivity contribution in [2.24, 2.45) is 4.99 Å². The smallest absolute Gasteiger partial charge is 0.232 e. The maximum absolute atomic E-state index is 4.51. The minimum absolute atomic E-state index is 0.476. The fourth-order valence-corrected chi connectivity index (χ4v) is 1.94. The standard InChI is InChI=1S/C18H22N6/c1-4-12-20-17-22-16(14-9-7-6-8-10-14)23-18(24-17)21-15(5-2)11-13-19-3/h5-11,13H,3-4,12H2,1-2H3,(H2,20,21,22,23,24)/b13-11-,15-5+. The molecular formula is C18H22N6. The molecule has 0 radical (unpaired) electrons. The second-order valence-electron chi connectivity index (χ2n) is 4.97. The Labute approximate surface area is 142 Å². The Hall–Kier alpha value is -3.02. The number of hydrogen-bond acceptors (Lipinski definition) is 6. The van der Waals surface area contributed by atoms with Crippen LogP contribution >= 0.6 is 0 Å². The third-order valence-electron chi connectivity index (χ3n) is 3.13. The topological polar surface area (TPSA) is 75.1 Å². The van der Waals surface area contributed by atoms with E-state index in [0.29, 0.717) is 17.7 Å². The largest absolute Gasteiger partial charge is 0.354 e. The summed E-state index contributed by atoms with van der Waals surface area (Å²) >= 11 is 0. The van der Waals surface area contributed by atoms with Gasteiger partial charge in [0.2, 0.25) is 11.9 Å². The summed E-state index contributed by atoms with van der Waals surface area (Å²) in [6, 6.07) is 9.83. The van der Waals surface area contributed by atoms with Gasteiger partial charge in [-0.1, -0.05) is 43.3 Å². The molecule has 0 spiro atoms. The van der Waals surface area contributed by atoms with Crippen LogP contribution in [0.15, 0.2) is 59.4 Å². The zero-order valence-corrected chi connectivity index (χ0v) is 14.0. The van der Waals surface area contributed by atoms with Crippen LogP contribution in [0.3, 0.4) is 0 Å². The van der Waals surface area contributed by atoms with E-state index in [1.165, 1.54) is 0 Å². The predicted octanol–water partition coefficient (Wildman–Crippen LogP) is 3.89. The number of benzene rings is 1. The van der Waals surface area contributed by atoms with Crippen LogP contribution in [0, 0.1) is 0 Å². The van der Waals surface area contributed by atoms with Gasteiger partial charge in [0, 0.05) is 24.0 Å². The SMILES string of the molecule is C=N/C=C\C(=C/C)Nc1nc(NCCC)nc(-c2ccccc2)n1. The first-order valence-electron chi connectivity index (χ1n) is 7.88. The molecule has 124 valence electrons. The number of aliphatic imine (C=N–C) groups is 1. The van der Waals surface area contributed by atoms with Crippen molar-refractivity contribution in [3.8, 4) is 11.4 Å². The summed E-state index contributed by atoms with van der Waals surface area (Å²) in [6.07, 6.45) is 6.31. The molecule has 1 aromatic carbocycles. The number of rotatable bonds is 8. The van der Waals surface area contributed by atoms with Crippen molar-refractivity contribution in [1.29, 1.82) is 0 Å². The van der Waals surface area contributed by atoms with E-state index in [-0.39, 0.29) is 0 Å². The highest BCUT2D eigenvalue weighted by Gasteiger charge is 2.08. The molecule has 6 nitrogen and oxygen atoms in total. The lowest BCUT2D eigenvalue weighted by molar-refractivity contribution is 0.942. The fraction of sp³-hybridized carbons (Fsp3) is 0.222. The Morgan fingerprint density at radius 1 is 1.17 bits per heavy atom. The minimum atomic E-state index is 0.476. The molecule has 0 fully saturated rings. The van der Waals surface area contributed by atoms with Gasteiger partial charge in [-0.15, -0.1) is 0 Å². The highest BCUT2D eigenvalue weighted by atomic mass is 15.2. The van der Waals surface area contributed by atoms with Gasteiger partial charge in [-0.2, -0.15) is 15.0 Å². The second-order valence-corrected chi connectivity index (χ2v) is 4.97. The van der Waals surface area contributed by atoms with Crippen LogP contribution in [0.2, 0.25) is 0 Å². The number of hydrogen-bond donors (Lipinski definition) is 2. The molecule has 0 amide bonds. The molecule has 1 aromatic heterocycles. The van der Waals surface area contributed by atoms with Crippen molar-refractivity contribution in [2.75, 3.05) is 17.2 Å². The first-order valence-corrected chi connectivity index (χ1v) is 7.88. The molecule has 24 heavy (non-hydrogen) atoms. The number of allylic oxidation sites excluding steroid dienone is 2. The Morgan fingerprint density at radius 3 is 2.58 bits per heavy atom. The summed E-state index contributed by atoms with van der Waals surface area (Å²) in [5, 5.41) is 6.39. The van der Waals surface area contributed by atoms with E-state index in [9.17, 15) is 0 Å².